The van der Waals surface area contributed by atoms with E-state index in [1.807, 2.05) is 17.5 Å². The Bertz CT molecular complexity index is 1030. The van der Waals surface area contributed by atoms with Gasteiger partial charge >= 0.3 is 0 Å². The lowest BCUT2D eigenvalue weighted by Gasteiger charge is -2.15. The summed E-state index contributed by atoms with van der Waals surface area (Å²) in [6.07, 6.45) is 1.41. The standard InChI is InChI=1S/C20H19N5O3S/c26-18(22-17-11-15(23-24-17)16-3-2-10-29-16)12-21-20(28)13-5-7-14(8-6-13)25-9-1-4-19(25)27/h2-3,5-8,10-11H,1,4,9,12H2,(H,21,28)(H2,22,23,24,26). The van der Waals surface area contributed by atoms with Gasteiger partial charge in [-0.15, -0.1) is 11.3 Å². The van der Waals surface area contributed by atoms with Crippen LogP contribution in [-0.2, 0) is 9.59 Å². The van der Waals surface area contributed by atoms with Crippen LogP contribution in [0.2, 0.25) is 0 Å². The molecule has 9 heteroatoms. The molecule has 29 heavy (non-hydrogen) atoms. The number of H-pyrrole nitrogens is 1. The Morgan fingerprint density at radius 3 is 2.72 bits per heavy atom. The fourth-order valence-corrected chi connectivity index (χ4v) is 3.80. The van der Waals surface area contributed by atoms with Gasteiger partial charge in [-0.25, -0.2) is 0 Å². The first kappa shape index (κ1) is 18.9. The number of benzene rings is 1. The van der Waals surface area contributed by atoms with Crippen LogP contribution < -0.4 is 15.5 Å². The minimum atomic E-state index is -0.373. The van der Waals surface area contributed by atoms with E-state index in [-0.39, 0.29) is 24.3 Å². The topological polar surface area (TPSA) is 107 Å². The summed E-state index contributed by atoms with van der Waals surface area (Å²) in [7, 11) is 0. The molecule has 8 nitrogen and oxygen atoms in total. The summed E-state index contributed by atoms with van der Waals surface area (Å²) < 4.78 is 0. The van der Waals surface area contributed by atoms with Crippen molar-refractivity contribution < 1.29 is 14.4 Å². The van der Waals surface area contributed by atoms with Crippen molar-refractivity contribution in [3.05, 3.63) is 53.4 Å². The molecule has 0 spiro atoms. The van der Waals surface area contributed by atoms with E-state index in [0.717, 1.165) is 22.7 Å². The number of carbonyl (C=O) groups excluding carboxylic acids is 3. The van der Waals surface area contributed by atoms with Crippen LogP contribution in [0, 0.1) is 0 Å². The van der Waals surface area contributed by atoms with Gasteiger partial charge in [0.25, 0.3) is 5.91 Å². The largest absolute Gasteiger partial charge is 0.343 e. The lowest BCUT2D eigenvalue weighted by molar-refractivity contribution is -0.117. The number of thiophene rings is 1. The normalized spacial score (nSPS) is 13.5. The molecule has 1 saturated heterocycles. The summed E-state index contributed by atoms with van der Waals surface area (Å²) in [6.45, 7) is 0.526. The molecule has 148 valence electrons. The summed E-state index contributed by atoms with van der Waals surface area (Å²) in [4.78, 5) is 38.9. The number of aromatic nitrogens is 2. The molecule has 3 aromatic rings. The first-order chi connectivity index (χ1) is 14.1. The SMILES string of the molecule is O=C(CNC(=O)c1ccc(N2CCCC2=O)cc1)Nc1cc(-c2cccs2)[nH]n1. The minimum absolute atomic E-state index is 0.0967. The van der Waals surface area contributed by atoms with E-state index in [4.69, 9.17) is 0 Å². The van der Waals surface area contributed by atoms with Crippen molar-refractivity contribution in [1.82, 2.24) is 15.5 Å². The lowest BCUT2D eigenvalue weighted by atomic mass is 10.2. The lowest BCUT2D eigenvalue weighted by Crippen LogP contribution is -2.33. The van der Waals surface area contributed by atoms with Gasteiger partial charge in [-0.05, 0) is 42.1 Å². The number of nitrogens with zero attached hydrogens (tertiary/aromatic N) is 2. The Hall–Kier alpha value is -3.46. The Kier molecular flexibility index (Phi) is 5.39. The van der Waals surface area contributed by atoms with Crippen molar-refractivity contribution in [2.75, 3.05) is 23.3 Å². The summed E-state index contributed by atoms with van der Waals surface area (Å²) >= 11 is 1.57. The van der Waals surface area contributed by atoms with Crippen molar-refractivity contribution in [1.29, 1.82) is 0 Å². The molecule has 0 aliphatic carbocycles. The van der Waals surface area contributed by atoms with Gasteiger partial charge in [0.2, 0.25) is 11.8 Å². The highest BCUT2D eigenvalue weighted by Gasteiger charge is 2.21. The molecule has 1 fully saturated rings. The first-order valence-corrected chi connectivity index (χ1v) is 10.1. The predicted molar refractivity (Wildman–Crippen MR) is 111 cm³/mol. The van der Waals surface area contributed by atoms with Crippen molar-refractivity contribution >= 4 is 40.6 Å². The number of carbonyl (C=O) groups is 3. The zero-order valence-electron chi connectivity index (χ0n) is 15.5. The number of amides is 3. The van der Waals surface area contributed by atoms with Crippen LogP contribution in [0.1, 0.15) is 23.2 Å². The van der Waals surface area contributed by atoms with Gasteiger partial charge in [0, 0.05) is 30.3 Å². The molecule has 0 unspecified atom stereocenters. The molecule has 3 N–H and O–H groups in total. The van der Waals surface area contributed by atoms with Crippen LogP contribution in [0.5, 0.6) is 0 Å². The fourth-order valence-electron chi connectivity index (χ4n) is 3.11. The molecule has 0 radical (unpaired) electrons. The second-order valence-corrected chi connectivity index (χ2v) is 7.52. The van der Waals surface area contributed by atoms with Gasteiger partial charge in [-0.3, -0.25) is 19.5 Å². The molecule has 1 aliphatic rings. The molecule has 0 bridgehead atoms. The highest BCUT2D eigenvalue weighted by Crippen LogP contribution is 2.24. The zero-order chi connectivity index (χ0) is 20.2. The molecule has 4 rings (SSSR count). The van der Waals surface area contributed by atoms with Crippen LogP contribution in [0.25, 0.3) is 10.6 Å². The number of anilines is 2. The third kappa shape index (κ3) is 4.35. The highest BCUT2D eigenvalue weighted by molar-refractivity contribution is 7.13. The summed E-state index contributed by atoms with van der Waals surface area (Å²) in [5.41, 5.74) is 2.02. The van der Waals surface area contributed by atoms with Crippen molar-refractivity contribution in [2.24, 2.45) is 0 Å². The van der Waals surface area contributed by atoms with Crippen LogP contribution >= 0.6 is 11.3 Å². The van der Waals surface area contributed by atoms with Crippen molar-refractivity contribution in [3.63, 3.8) is 0 Å². The Morgan fingerprint density at radius 1 is 1.21 bits per heavy atom. The van der Waals surface area contributed by atoms with Gasteiger partial charge in [-0.2, -0.15) is 5.10 Å². The number of hydrogen-bond donors (Lipinski definition) is 3. The number of aromatic amines is 1. The average molecular weight is 409 g/mol. The predicted octanol–water partition coefficient (Wildman–Crippen LogP) is 2.63. The Morgan fingerprint density at radius 2 is 2.03 bits per heavy atom. The highest BCUT2D eigenvalue weighted by atomic mass is 32.1. The summed E-state index contributed by atoms with van der Waals surface area (Å²) in [5.74, 6) is -0.241. The third-order valence-corrected chi connectivity index (χ3v) is 5.46. The van der Waals surface area contributed by atoms with E-state index in [9.17, 15) is 14.4 Å². The maximum atomic E-state index is 12.3. The maximum Gasteiger partial charge on any atom is 0.251 e. The minimum Gasteiger partial charge on any atom is -0.343 e. The van der Waals surface area contributed by atoms with Gasteiger partial charge in [0.05, 0.1) is 17.1 Å². The fraction of sp³-hybridized carbons (Fsp3) is 0.200. The maximum absolute atomic E-state index is 12.3. The van der Waals surface area contributed by atoms with E-state index in [1.165, 1.54) is 0 Å². The number of rotatable bonds is 6. The molecule has 2 aromatic heterocycles. The van der Waals surface area contributed by atoms with Crippen molar-refractivity contribution in [3.8, 4) is 10.6 Å². The van der Waals surface area contributed by atoms with E-state index < -0.39 is 0 Å². The Balaban J connectivity index is 1.29. The second kappa shape index (κ2) is 8.27. The van der Waals surface area contributed by atoms with E-state index in [1.54, 1.807) is 46.6 Å². The molecule has 1 aromatic carbocycles. The van der Waals surface area contributed by atoms with Gasteiger partial charge in [0.15, 0.2) is 5.82 Å². The summed E-state index contributed by atoms with van der Waals surface area (Å²) in [6, 6.07) is 12.4. The van der Waals surface area contributed by atoms with Crippen molar-refractivity contribution in [2.45, 2.75) is 12.8 Å². The molecule has 3 heterocycles. The molecular weight excluding hydrogens is 390 g/mol. The van der Waals surface area contributed by atoms with Crippen LogP contribution in [0.4, 0.5) is 11.5 Å². The quantitative estimate of drug-likeness (QED) is 0.582. The number of hydrogen-bond acceptors (Lipinski definition) is 5. The summed E-state index contributed by atoms with van der Waals surface area (Å²) in [5, 5.41) is 14.1. The monoisotopic (exact) mass is 409 g/mol. The zero-order valence-corrected chi connectivity index (χ0v) is 16.3. The molecule has 3 amide bonds. The second-order valence-electron chi connectivity index (χ2n) is 6.57. The smallest absolute Gasteiger partial charge is 0.251 e. The Labute approximate surface area is 170 Å². The van der Waals surface area contributed by atoms with Crippen LogP contribution in [-0.4, -0.2) is 41.0 Å². The van der Waals surface area contributed by atoms with Gasteiger partial charge in [0.1, 0.15) is 0 Å². The number of nitrogens with one attached hydrogen (secondary N) is 3. The van der Waals surface area contributed by atoms with Crippen LogP contribution in [0.3, 0.4) is 0 Å². The van der Waals surface area contributed by atoms with Gasteiger partial charge in [-0.1, -0.05) is 6.07 Å². The average Bonchev–Trinajstić information content (AvgIpc) is 3.48. The molecule has 0 atom stereocenters. The molecule has 1 aliphatic heterocycles. The van der Waals surface area contributed by atoms with Crippen LogP contribution in [0.15, 0.2) is 47.8 Å². The van der Waals surface area contributed by atoms with E-state index in [2.05, 4.69) is 20.8 Å². The first-order valence-electron chi connectivity index (χ1n) is 9.18. The third-order valence-electron chi connectivity index (χ3n) is 4.56. The molecule has 0 saturated carbocycles. The molecular formula is C20H19N5O3S. The van der Waals surface area contributed by atoms with E-state index in [0.29, 0.717) is 24.3 Å². The van der Waals surface area contributed by atoms with Gasteiger partial charge < -0.3 is 15.5 Å². The van der Waals surface area contributed by atoms with E-state index >= 15 is 0 Å².